The fraction of sp³-hybridized carbons (Fsp3) is 0.0625. The van der Waals surface area contributed by atoms with Gasteiger partial charge >= 0.3 is 0 Å². The minimum atomic E-state index is -0.339. The Labute approximate surface area is 127 Å². The maximum Gasteiger partial charge on any atom is 0.259 e. The molecule has 0 bridgehead atoms. The van der Waals surface area contributed by atoms with Gasteiger partial charge in [-0.3, -0.25) is 14.5 Å². The highest BCUT2D eigenvalue weighted by molar-refractivity contribution is 6.08. The van der Waals surface area contributed by atoms with Crippen molar-refractivity contribution >= 4 is 11.6 Å². The Hall–Kier alpha value is -3.15. The zero-order valence-corrected chi connectivity index (χ0v) is 11.9. The molecule has 2 aromatic heterocycles. The first-order valence-corrected chi connectivity index (χ1v) is 6.68. The third kappa shape index (κ3) is 2.54. The maximum atomic E-state index is 12.5. The molecule has 0 aliphatic heterocycles. The number of rotatable bonds is 3. The fourth-order valence-corrected chi connectivity index (χ4v) is 2.22. The van der Waals surface area contributed by atoms with Gasteiger partial charge in [0.25, 0.3) is 5.91 Å². The quantitative estimate of drug-likeness (QED) is 0.777. The van der Waals surface area contributed by atoms with E-state index in [1.807, 2.05) is 30.3 Å². The Balaban J connectivity index is 1.96. The van der Waals surface area contributed by atoms with Crippen molar-refractivity contribution in [3.63, 3.8) is 0 Å². The molecule has 0 unspecified atom stereocenters. The van der Waals surface area contributed by atoms with Crippen LogP contribution >= 0.6 is 0 Å². The summed E-state index contributed by atoms with van der Waals surface area (Å²) < 4.78 is 1.65. The number of nitrogens with one attached hydrogen (secondary N) is 1. The fourth-order valence-electron chi connectivity index (χ4n) is 2.22. The van der Waals surface area contributed by atoms with Gasteiger partial charge < -0.3 is 10.4 Å². The number of aromatic hydroxyl groups is 1. The average molecular weight is 294 g/mol. The predicted octanol–water partition coefficient (Wildman–Crippen LogP) is 2.44. The van der Waals surface area contributed by atoms with Gasteiger partial charge in [-0.1, -0.05) is 30.3 Å². The largest absolute Gasteiger partial charge is 0.504 e. The molecule has 110 valence electrons. The van der Waals surface area contributed by atoms with Gasteiger partial charge in [0.2, 0.25) is 0 Å². The topological polar surface area (TPSA) is 80.0 Å². The van der Waals surface area contributed by atoms with E-state index in [1.165, 1.54) is 24.7 Å². The van der Waals surface area contributed by atoms with Gasteiger partial charge in [-0.15, -0.1) is 0 Å². The summed E-state index contributed by atoms with van der Waals surface area (Å²) >= 11 is 0. The van der Waals surface area contributed by atoms with E-state index in [4.69, 9.17) is 0 Å². The van der Waals surface area contributed by atoms with E-state index in [9.17, 15) is 9.90 Å². The molecule has 0 saturated heterocycles. The number of hydrogen-bond donors (Lipinski definition) is 2. The molecule has 6 nitrogen and oxygen atoms in total. The number of carbonyl (C=O) groups excluding carboxylic acids is 1. The van der Waals surface area contributed by atoms with E-state index >= 15 is 0 Å². The van der Waals surface area contributed by atoms with Crippen LogP contribution in [0.25, 0.3) is 11.3 Å². The lowest BCUT2D eigenvalue weighted by molar-refractivity contribution is 0.102. The molecule has 0 spiro atoms. The molecule has 22 heavy (non-hydrogen) atoms. The molecule has 0 atom stereocenters. The van der Waals surface area contributed by atoms with Crippen LogP contribution < -0.4 is 5.32 Å². The number of hydrogen-bond acceptors (Lipinski definition) is 4. The maximum absolute atomic E-state index is 12.5. The van der Waals surface area contributed by atoms with Gasteiger partial charge in [0, 0.05) is 18.8 Å². The second-order valence-corrected chi connectivity index (χ2v) is 4.74. The number of aryl methyl sites for hydroxylation is 1. The number of aromatic nitrogens is 3. The Morgan fingerprint density at radius 1 is 1.18 bits per heavy atom. The van der Waals surface area contributed by atoms with Gasteiger partial charge in [0.1, 0.15) is 0 Å². The van der Waals surface area contributed by atoms with Crippen molar-refractivity contribution in [2.45, 2.75) is 0 Å². The van der Waals surface area contributed by atoms with Gasteiger partial charge in [-0.05, 0) is 6.07 Å². The molecule has 0 aliphatic rings. The highest BCUT2D eigenvalue weighted by Gasteiger charge is 2.18. The van der Waals surface area contributed by atoms with E-state index in [0.29, 0.717) is 16.9 Å². The number of amides is 1. The van der Waals surface area contributed by atoms with Crippen LogP contribution in [-0.2, 0) is 7.05 Å². The zero-order valence-electron chi connectivity index (χ0n) is 11.9. The summed E-state index contributed by atoms with van der Waals surface area (Å²) in [5, 5.41) is 16.5. The molecule has 0 fully saturated rings. The summed E-state index contributed by atoms with van der Waals surface area (Å²) in [6, 6.07) is 11.1. The molecule has 2 heterocycles. The minimum absolute atomic E-state index is 0.0824. The lowest BCUT2D eigenvalue weighted by Gasteiger charge is -2.08. The summed E-state index contributed by atoms with van der Waals surface area (Å²) in [6.45, 7) is 0. The minimum Gasteiger partial charge on any atom is -0.504 e. The third-order valence-electron chi connectivity index (χ3n) is 3.28. The Kier molecular flexibility index (Phi) is 3.57. The normalized spacial score (nSPS) is 10.4. The van der Waals surface area contributed by atoms with Crippen LogP contribution in [0.3, 0.4) is 0 Å². The first-order valence-electron chi connectivity index (χ1n) is 6.68. The van der Waals surface area contributed by atoms with E-state index in [2.05, 4.69) is 15.4 Å². The van der Waals surface area contributed by atoms with Crippen molar-refractivity contribution in [2.24, 2.45) is 7.05 Å². The second-order valence-electron chi connectivity index (χ2n) is 4.74. The number of pyridine rings is 1. The Morgan fingerprint density at radius 2 is 1.95 bits per heavy atom. The molecule has 0 radical (unpaired) electrons. The first kappa shape index (κ1) is 13.8. The monoisotopic (exact) mass is 294 g/mol. The van der Waals surface area contributed by atoms with Gasteiger partial charge in [0.05, 0.1) is 29.3 Å². The first-order chi connectivity index (χ1) is 10.7. The average Bonchev–Trinajstić information content (AvgIpc) is 2.92. The van der Waals surface area contributed by atoms with Crippen molar-refractivity contribution in [3.05, 3.63) is 60.6 Å². The summed E-state index contributed by atoms with van der Waals surface area (Å²) in [4.78, 5) is 16.3. The second kappa shape index (κ2) is 5.69. The molecule has 2 N–H and O–H groups in total. The zero-order chi connectivity index (χ0) is 15.5. The molecule has 0 aliphatic carbocycles. The highest BCUT2D eigenvalue weighted by atomic mass is 16.3. The summed E-state index contributed by atoms with van der Waals surface area (Å²) in [6.07, 6.45) is 4.28. The van der Waals surface area contributed by atoms with Crippen LogP contribution in [0.1, 0.15) is 10.4 Å². The molecule has 3 aromatic rings. The molecule has 3 rings (SSSR count). The number of benzene rings is 1. The van der Waals surface area contributed by atoms with Crippen molar-refractivity contribution < 1.29 is 9.90 Å². The molecule has 6 heteroatoms. The van der Waals surface area contributed by atoms with Crippen LogP contribution in [0.5, 0.6) is 5.75 Å². The number of anilines is 1. The molecular weight excluding hydrogens is 280 g/mol. The lowest BCUT2D eigenvalue weighted by Crippen LogP contribution is -2.13. The third-order valence-corrected chi connectivity index (χ3v) is 3.28. The lowest BCUT2D eigenvalue weighted by atomic mass is 10.1. The van der Waals surface area contributed by atoms with E-state index in [-0.39, 0.29) is 11.7 Å². The van der Waals surface area contributed by atoms with E-state index < -0.39 is 0 Å². The Bertz CT molecular complexity index is 812. The molecule has 1 amide bonds. The summed E-state index contributed by atoms with van der Waals surface area (Å²) in [5.74, 6) is -0.422. The SMILES string of the molecule is Cn1ncc(C(=O)Nc2ccncc2O)c1-c1ccccc1. The van der Waals surface area contributed by atoms with Crippen molar-refractivity contribution in [3.8, 4) is 17.0 Å². The van der Waals surface area contributed by atoms with Crippen molar-refractivity contribution in [1.29, 1.82) is 0 Å². The van der Waals surface area contributed by atoms with Crippen LogP contribution in [-0.4, -0.2) is 25.8 Å². The standard InChI is InChI=1S/C16H14N4O2/c1-20-15(11-5-3-2-4-6-11)12(9-18-20)16(22)19-13-7-8-17-10-14(13)21/h2-10,21H,1H3,(H,17,19,22). The van der Waals surface area contributed by atoms with Crippen LogP contribution in [0.4, 0.5) is 5.69 Å². The Morgan fingerprint density at radius 3 is 2.68 bits per heavy atom. The van der Waals surface area contributed by atoms with Crippen molar-refractivity contribution in [2.75, 3.05) is 5.32 Å². The number of nitrogens with zero attached hydrogens (tertiary/aromatic N) is 3. The van der Waals surface area contributed by atoms with Gasteiger partial charge in [0.15, 0.2) is 5.75 Å². The molecule has 1 aromatic carbocycles. The molecule has 0 saturated carbocycles. The summed E-state index contributed by atoms with van der Waals surface area (Å²) in [5.41, 5.74) is 2.35. The van der Waals surface area contributed by atoms with Crippen LogP contribution in [0.15, 0.2) is 55.0 Å². The summed E-state index contributed by atoms with van der Waals surface area (Å²) in [7, 11) is 1.78. The van der Waals surface area contributed by atoms with E-state index in [0.717, 1.165) is 5.56 Å². The van der Waals surface area contributed by atoms with E-state index in [1.54, 1.807) is 11.7 Å². The predicted molar refractivity (Wildman–Crippen MR) is 82.5 cm³/mol. The van der Waals surface area contributed by atoms with Gasteiger partial charge in [-0.25, -0.2) is 0 Å². The number of carbonyl (C=O) groups is 1. The smallest absolute Gasteiger partial charge is 0.259 e. The van der Waals surface area contributed by atoms with Crippen molar-refractivity contribution in [1.82, 2.24) is 14.8 Å². The highest BCUT2D eigenvalue weighted by Crippen LogP contribution is 2.25. The van der Waals surface area contributed by atoms with Crippen LogP contribution in [0.2, 0.25) is 0 Å². The van der Waals surface area contributed by atoms with Gasteiger partial charge in [-0.2, -0.15) is 5.10 Å². The molecular formula is C16H14N4O2. The van der Waals surface area contributed by atoms with Crippen LogP contribution in [0, 0.1) is 0 Å².